The molecular formula is C16H20S. The second kappa shape index (κ2) is 5.50. The van der Waals surface area contributed by atoms with Crippen LogP contribution in [0.15, 0.2) is 36.4 Å². The zero-order valence-electron chi connectivity index (χ0n) is 10.9. The zero-order chi connectivity index (χ0) is 12.3. The maximum atomic E-state index is 2.26. The van der Waals surface area contributed by atoms with Gasteiger partial charge in [0.05, 0.1) is 0 Å². The van der Waals surface area contributed by atoms with E-state index < -0.39 is 0 Å². The lowest BCUT2D eigenvalue weighted by molar-refractivity contribution is 0.890. The summed E-state index contributed by atoms with van der Waals surface area (Å²) in [5.41, 5.74) is 2.79. The molecule has 0 aliphatic carbocycles. The van der Waals surface area contributed by atoms with Crippen molar-refractivity contribution >= 4 is 11.3 Å². The third kappa shape index (κ3) is 2.98. The van der Waals surface area contributed by atoms with E-state index >= 15 is 0 Å². The minimum Gasteiger partial charge on any atom is -0.140 e. The van der Waals surface area contributed by atoms with E-state index in [0.29, 0.717) is 5.92 Å². The Labute approximate surface area is 108 Å². The molecule has 0 saturated carbocycles. The average Bonchev–Trinajstić information content (AvgIpc) is 2.80. The van der Waals surface area contributed by atoms with E-state index in [2.05, 4.69) is 57.2 Å². The van der Waals surface area contributed by atoms with E-state index in [9.17, 15) is 0 Å². The first-order chi connectivity index (χ1) is 8.20. The van der Waals surface area contributed by atoms with E-state index in [0.717, 1.165) is 0 Å². The van der Waals surface area contributed by atoms with Gasteiger partial charge in [-0.25, -0.2) is 0 Å². The summed E-state index contributed by atoms with van der Waals surface area (Å²) in [6.07, 6.45) is 2.40. The fourth-order valence-corrected chi connectivity index (χ4v) is 2.96. The van der Waals surface area contributed by atoms with Crippen molar-refractivity contribution in [2.75, 3.05) is 0 Å². The molecule has 1 aromatic carbocycles. The van der Waals surface area contributed by atoms with E-state index in [4.69, 9.17) is 0 Å². The smallest absolute Gasteiger partial charge is 0.0345 e. The van der Waals surface area contributed by atoms with Crippen LogP contribution in [0.3, 0.4) is 0 Å². The molecule has 0 saturated heterocycles. The standard InChI is InChI=1S/C16H20S/c1-4-5-13-6-8-14(9-7-13)16-11-10-15(17-16)12(2)3/h6-12H,4-5H2,1-3H3. The molecule has 0 spiro atoms. The Kier molecular flexibility index (Phi) is 4.01. The van der Waals surface area contributed by atoms with Crippen LogP contribution in [0.1, 0.15) is 43.6 Å². The van der Waals surface area contributed by atoms with Gasteiger partial charge < -0.3 is 0 Å². The second-order valence-electron chi connectivity index (χ2n) is 4.80. The lowest BCUT2D eigenvalue weighted by atomic mass is 10.1. The van der Waals surface area contributed by atoms with E-state index in [-0.39, 0.29) is 0 Å². The largest absolute Gasteiger partial charge is 0.140 e. The van der Waals surface area contributed by atoms with Gasteiger partial charge >= 0.3 is 0 Å². The van der Waals surface area contributed by atoms with Gasteiger partial charge in [-0.05, 0) is 35.6 Å². The molecule has 0 bridgehead atoms. The number of aryl methyl sites for hydroxylation is 1. The lowest BCUT2D eigenvalue weighted by Crippen LogP contribution is -1.82. The van der Waals surface area contributed by atoms with Gasteiger partial charge in [0.2, 0.25) is 0 Å². The van der Waals surface area contributed by atoms with Crippen LogP contribution >= 0.6 is 11.3 Å². The Hall–Kier alpha value is -1.08. The fraction of sp³-hybridized carbons (Fsp3) is 0.375. The molecule has 17 heavy (non-hydrogen) atoms. The Morgan fingerprint density at radius 3 is 2.24 bits per heavy atom. The molecule has 1 heterocycles. The van der Waals surface area contributed by atoms with Crippen LogP contribution in [-0.2, 0) is 6.42 Å². The third-order valence-corrected chi connectivity index (χ3v) is 4.41. The molecule has 0 nitrogen and oxygen atoms in total. The highest BCUT2D eigenvalue weighted by molar-refractivity contribution is 7.15. The summed E-state index contributed by atoms with van der Waals surface area (Å²) in [6, 6.07) is 13.5. The molecule has 0 N–H and O–H groups in total. The van der Waals surface area contributed by atoms with E-state index in [1.807, 2.05) is 11.3 Å². The summed E-state index contributed by atoms with van der Waals surface area (Å²) in [6.45, 7) is 6.72. The number of hydrogen-bond donors (Lipinski definition) is 0. The van der Waals surface area contributed by atoms with Crippen molar-refractivity contribution in [1.82, 2.24) is 0 Å². The zero-order valence-corrected chi connectivity index (χ0v) is 11.7. The van der Waals surface area contributed by atoms with Crippen LogP contribution in [0.2, 0.25) is 0 Å². The minimum absolute atomic E-state index is 0.633. The number of rotatable bonds is 4. The first-order valence-electron chi connectivity index (χ1n) is 6.39. The van der Waals surface area contributed by atoms with Gasteiger partial charge in [0, 0.05) is 9.75 Å². The normalized spacial score (nSPS) is 11.1. The topological polar surface area (TPSA) is 0 Å². The summed E-state index contributed by atoms with van der Waals surface area (Å²) < 4.78 is 0. The van der Waals surface area contributed by atoms with Crippen molar-refractivity contribution in [3.63, 3.8) is 0 Å². The number of hydrogen-bond acceptors (Lipinski definition) is 1. The van der Waals surface area contributed by atoms with Crippen LogP contribution in [-0.4, -0.2) is 0 Å². The highest BCUT2D eigenvalue weighted by Crippen LogP contribution is 2.32. The van der Waals surface area contributed by atoms with E-state index in [1.54, 1.807) is 0 Å². The van der Waals surface area contributed by atoms with Gasteiger partial charge in [-0.15, -0.1) is 11.3 Å². The predicted molar refractivity (Wildman–Crippen MR) is 77.8 cm³/mol. The minimum atomic E-state index is 0.633. The molecule has 0 unspecified atom stereocenters. The summed E-state index contributed by atoms with van der Waals surface area (Å²) in [5, 5.41) is 0. The van der Waals surface area contributed by atoms with Gasteiger partial charge in [-0.2, -0.15) is 0 Å². The second-order valence-corrected chi connectivity index (χ2v) is 5.92. The molecule has 0 aliphatic rings. The lowest BCUT2D eigenvalue weighted by Gasteiger charge is -2.02. The first kappa shape index (κ1) is 12.4. The first-order valence-corrected chi connectivity index (χ1v) is 7.21. The molecule has 0 aliphatic heterocycles. The van der Waals surface area contributed by atoms with Crippen LogP contribution in [0.4, 0.5) is 0 Å². The third-order valence-electron chi connectivity index (χ3n) is 2.97. The van der Waals surface area contributed by atoms with Crippen molar-refractivity contribution < 1.29 is 0 Å². The van der Waals surface area contributed by atoms with Crippen molar-refractivity contribution in [3.8, 4) is 10.4 Å². The van der Waals surface area contributed by atoms with Gasteiger partial charge in [-0.3, -0.25) is 0 Å². The van der Waals surface area contributed by atoms with Crippen LogP contribution < -0.4 is 0 Å². The van der Waals surface area contributed by atoms with Gasteiger partial charge in [0.25, 0.3) is 0 Å². The number of benzene rings is 1. The molecule has 2 rings (SSSR count). The van der Waals surface area contributed by atoms with E-state index in [1.165, 1.54) is 33.7 Å². The molecule has 1 heteroatoms. The summed E-state index contributed by atoms with van der Waals surface area (Å²) in [5.74, 6) is 0.633. The maximum Gasteiger partial charge on any atom is 0.0345 e. The van der Waals surface area contributed by atoms with Crippen LogP contribution in [0.25, 0.3) is 10.4 Å². The number of thiophene rings is 1. The Morgan fingerprint density at radius 2 is 1.71 bits per heavy atom. The summed E-state index contributed by atoms with van der Waals surface area (Å²) in [7, 11) is 0. The Bertz CT molecular complexity index is 463. The molecule has 0 atom stereocenters. The molecular weight excluding hydrogens is 224 g/mol. The Morgan fingerprint density at radius 1 is 1.00 bits per heavy atom. The summed E-state index contributed by atoms with van der Waals surface area (Å²) >= 11 is 1.91. The maximum absolute atomic E-state index is 2.26. The highest BCUT2D eigenvalue weighted by atomic mass is 32.1. The summed E-state index contributed by atoms with van der Waals surface area (Å²) in [4.78, 5) is 2.86. The molecule has 2 aromatic rings. The van der Waals surface area contributed by atoms with Crippen LogP contribution in [0, 0.1) is 0 Å². The highest BCUT2D eigenvalue weighted by Gasteiger charge is 2.05. The average molecular weight is 244 g/mol. The van der Waals surface area contributed by atoms with Crippen molar-refractivity contribution in [3.05, 3.63) is 46.8 Å². The monoisotopic (exact) mass is 244 g/mol. The molecule has 90 valence electrons. The Balaban J connectivity index is 2.21. The quantitative estimate of drug-likeness (QED) is 0.667. The van der Waals surface area contributed by atoms with Crippen molar-refractivity contribution in [1.29, 1.82) is 0 Å². The SMILES string of the molecule is CCCc1ccc(-c2ccc(C(C)C)s2)cc1. The molecule has 0 fully saturated rings. The predicted octanol–water partition coefficient (Wildman–Crippen LogP) is 5.49. The molecule has 0 amide bonds. The van der Waals surface area contributed by atoms with Crippen molar-refractivity contribution in [2.45, 2.75) is 39.5 Å². The molecule has 1 aromatic heterocycles. The van der Waals surface area contributed by atoms with Gasteiger partial charge in [-0.1, -0.05) is 51.5 Å². The van der Waals surface area contributed by atoms with Crippen molar-refractivity contribution in [2.24, 2.45) is 0 Å². The van der Waals surface area contributed by atoms with Gasteiger partial charge in [0.1, 0.15) is 0 Å². The fourth-order valence-electron chi connectivity index (χ4n) is 1.94. The van der Waals surface area contributed by atoms with Gasteiger partial charge in [0.15, 0.2) is 0 Å². The molecule has 0 radical (unpaired) electrons. The van der Waals surface area contributed by atoms with Crippen LogP contribution in [0.5, 0.6) is 0 Å².